The molecule has 0 atom stereocenters. The molecule has 2 rings (SSSR count). The highest BCUT2D eigenvalue weighted by molar-refractivity contribution is 7.93. The monoisotopic (exact) mass is 316 g/mol. The van der Waals surface area contributed by atoms with E-state index >= 15 is 0 Å². The molecule has 0 saturated heterocycles. The van der Waals surface area contributed by atoms with Gasteiger partial charge in [0.05, 0.1) is 5.75 Å². The number of hydrogen-bond donors (Lipinski definition) is 0. The molecule has 0 radical (unpaired) electrons. The van der Waals surface area contributed by atoms with Crippen molar-refractivity contribution in [2.24, 2.45) is 0 Å². The summed E-state index contributed by atoms with van der Waals surface area (Å²) in [5, 5.41) is 7.94. The van der Waals surface area contributed by atoms with E-state index in [0.29, 0.717) is 11.1 Å². The fraction of sp³-hybridized carbons (Fsp3) is 0.167. The Bertz CT molecular complexity index is 708. The predicted octanol–water partition coefficient (Wildman–Crippen LogP) is 3.15. The van der Waals surface area contributed by atoms with Crippen LogP contribution in [0.15, 0.2) is 46.8 Å². The van der Waals surface area contributed by atoms with Crippen molar-refractivity contribution in [3.05, 3.63) is 42.5 Å². The largest absolute Gasteiger partial charge is 0.266 e. The lowest BCUT2D eigenvalue weighted by Crippen LogP contribution is -2.05. The lowest BCUT2D eigenvalue weighted by Gasteiger charge is -1.96. The highest BCUT2D eigenvalue weighted by Gasteiger charge is 2.20. The Hall–Kier alpha value is -1.67. The Morgan fingerprint density at radius 2 is 1.90 bits per heavy atom. The van der Waals surface area contributed by atoms with E-state index in [0.717, 1.165) is 16.9 Å². The summed E-state index contributed by atoms with van der Waals surface area (Å²) in [4.78, 5) is 0. The standard InChI is InChI=1S/C12H10F2N2O2S2/c13-10(14)7-4-8-20(17,18)12-16-15-11(19-12)9-5-2-1-3-6-9/h1-3,5-7H,4,8H2. The van der Waals surface area contributed by atoms with E-state index in [-0.39, 0.29) is 10.8 Å². The molecule has 8 heteroatoms. The van der Waals surface area contributed by atoms with Gasteiger partial charge in [0.15, 0.2) is 0 Å². The molecule has 20 heavy (non-hydrogen) atoms. The van der Waals surface area contributed by atoms with Crippen molar-refractivity contribution in [3.63, 3.8) is 0 Å². The fourth-order valence-corrected chi connectivity index (χ4v) is 3.79. The summed E-state index contributed by atoms with van der Waals surface area (Å²) < 4.78 is 47.4. The molecule has 1 aromatic heterocycles. The molecule has 0 fully saturated rings. The van der Waals surface area contributed by atoms with Crippen LogP contribution in [-0.4, -0.2) is 24.4 Å². The molecule has 4 nitrogen and oxygen atoms in total. The molecular weight excluding hydrogens is 306 g/mol. The van der Waals surface area contributed by atoms with Crippen molar-refractivity contribution in [3.8, 4) is 10.6 Å². The lowest BCUT2D eigenvalue weighted by atomic mass is 10.2. The topological polar surface area (TPSA) is 59.9 Å². The molecule has 1 heterocycles. The molecular formula is C12H10F2N2O2S2. The molecule has 0 amide bonds. The van der Waals surface area contributed by atoms with Gasteiger partial charge in [0.25, 0.3) is 6.08 Å². The van der Waals surface area contributed by atoms with Gasteiger partial charge in [-0.1, -0.05) is 41.7 Å². The van der Waals surface area contributed by atoms with Crippen molar-refractivity contribution in [1.29, 1.82) is 0 Å². The number of nitrogens with zero attached hydrogens (tertiary/aromatic N) is 2. The zero-order valence-corrected chi connectivity index (χ0v) is 11.8. The van der Waals surface area contributed by atoms with Crippen LogP contribution in [-0.2, 0) is 9.84 Å². The summed E-state index contributed by atoms with van der Waals surface area (Å²) in [5.41, 5.74) is 0.765. The van der Waals surface area contributed by atoms with Gasteiger partial charge in [-0.3, -0.25) is 0 Å². The van der Waals surface area contributed by atoms with E-state index < -0.39 is 21.7 Å². The lowest BCUT2D eigenvalue weighted by molar-refractivity contribution is 0.418. The summed E-state index contributed by atoms with van der Waals surface area (Å²) in [6.45, 7) is 0. The number of aromatic nitrogens is 2. The Labute approximate surface area is 118 Å². The first-order valence-corrected chi connectivity index (χ1v) is 8.09. The number of halogens is 2. The number of sulfone groups is 1. The summed E-state index contributed by atoms with van der Waals surface area (Å²) in [6, 6.07) is 9.02. The molecule has 106 valence electrons. The molecule has 0 aliphatic carbocycles. The second kappa shape index (κ2) is 6.19. The first-order valence-electron chi connectivity index (χ1n) is 5.62. The molecule has 0 bridgehead atoms. The summed E-state index contributed by atoms with van der Waals surface area (Å²) >= 11 is 0.933. The molecule has 0 aliphatic heterocycles. The first kappa shape index (κ1) is 14.7. The fourth-order valence-electron chi connectivity index (χ4n) is 1.44. The van der Waals surface area contributed by atoms with Crippen LogP contribution in [0.1, 0.15) is 6.42 Å². The molecule has 2 aromatic rings. The zero-order chi connectivity index (χ0) is 14.6. The zero-order valence-electron chi connectivity index (χ0n) is 10.2. The van der Waals surface area contributed by atoms with Gasteiger partial charge in [-0.05, 0) is 12.5 Å². The molecule has 0 spiro atoms. The number of allylic oxidation sites excluding steroid dienone is 1. The van der Waals surface area contributed by atoms with E-state index in [2.05, 4.69) is 10.2 Å². The average molecular weight is 316 g/mol. The normalized spacial score (nSPS) is 11.3. The van der Waals surface area contributed by atoms with Crippen LogP contribution >= 0.6 is 11.3 Å². The quantitative estimate of drug-likeness (QED) is 0.850. The molecule has 0 N–H and O–H groups in total. The van der Waals surface area contributed by atoms with Gasteiger partial charge in [-0.2, -0.15) is 8.78 Å². The SMILES string of the molecule is O=S(=O)(CCC=C(F)F)c1nnc(-c2ccccc2)s1. The third-order valence-corrected chi connectivity index (χ3v) is 5.54. The van der Waals surface area contributed by atoms with Crippen LogP contribution in [0.25, 0.3) is 10.6 Å². The van der Waals surface area contributed by atoms with Gasteiger partial charge in [0, 0.05) is 5.56 Å². The second-order valence-electron chi connectivity index (χ2n) is 3.84. The predicted molar refractivity (Wildman–Crippen MR) is 72.3 cm³/mol. The van der Waals surface area contributed by atoms with E-state index in [1.807, 2.05) is 6.07 Å². The number of hydrogen-bond acceptors (Lipinski definition) is 5. The van der Waals surface area contributed by atoms with Crippen LogP contribution in [0.5, 0.6) is 0 Å². The van der Waals surface area contributed by atoms with Gasteiger partial charge in [0.1, 0.15) is 5.01 Å². The Morgan fingerprint density at radius 3 is 2.55 bits per heavy atom. The van der Waals surface area contributed by atoms with Crippen LogP contribution in [0.2, 0.25) is 0 Å². The van der Waals surface area contributed by atoms with Crippen LogP contribution in [0.4, 0.5) is 8.78 Å². The summed E-state index contributed by atoms with van der Waals surface area (Å²) in [6.07, 6.45) is -1.55. The van der Waals surface area contributed by atoms with Crippen molar-refractivity contribution in [2.45, 2.75) is 10.8 Å². The second-order valence-corrected chi connectivity index (χ2v) is 7.10. The van der Waals surface area contributed by atoms with E-state index in [4.69, 9.17) is 0 Å². The summed E-state index contributed by atoms with van der Waals surface area (Å²) in [7, 11) is -3.68. The average Bonchev–Trinajstić information content (AvgIpc) is 2.89. The molecule has 1 aromatic carbocycles. The first-order chi connectivity index (χ1) is 9.49. The van der Waals surface area contributed by atoms with Gasteiger partial charge in [-0.25, -0.2) is 8.42 Å². The molecule has 0 aliphatic rings. The van der Waals surface area contributed by atoms with Crippen molar-refractivity contribution < 1.29 is 17.2 Å². The van der Waals surface area contributed by atoms with Gasteiger partial charge in [-0.15, -0.1) is 10.2 Å². The Balaban J connectivity index is 2.18. The highest BCUT2D eigenvalue weighted by atomic mass is 32.2. The minimum atomic E-state index is -3.68. The molecule has 0 saturated carbocycles. The maximum Gasteiger partial charge on any atom is 0.266 e. The van der Waals surface area contributed by atoms with Crippen LogP contribution < -0.4 is 0 Å². The minimum Gasteiger partial charge on any atom is -0.221 e. The Morgan fingerprint density at radius 1 is 1.20 bits per heavy atom. The van der Waals surface area contributed by atoms with Crippen molar-refractivity contribution in [2.75, 3.05) is 5.75 Å². The van der Waals surface area contributed by atoms with Gasteiger partial charge < -0.3 is 0 Å². The van der Waals surface area contributed by atoms with Crippen molar-refractivity contribution in [1.82, 2.24) is 10.2 Å². The third-order valence-electron chi connectivity index (χ3n) is 2.38. The van der Waals surface area contributed by atoms with Crippen LogP contribution in [0.3, 0.4) is 0 Å². The molecule has 0 unspecified atom stereocenters. The number of benzene rings is 1. The maximum atomic E-state index is 11.9. The number of rotatable bonds is 5. The van der Waals surface area contributed by atoms with E-state index in [1.165, 1.54) is 0 Å². The van der Waals surface area contributed by atoms with Gasteiger partial charge >= 0.3 is 0 Å². The third kappa shape index (κ3) is 3.67. The maximum absolute atomic E-state index is 11.9. The Kier molecular flexibility index (Phi) is 4.56. The van der Waals surface area contributed by atoms with E-state index in [9.17, 15) is 17.2 Å². The highest BCUT2D eigenvalue weighted by Crippen LogP contribution is 2.26. The van der Waals surface area contributed by atoms with E-state index in [1.54, 1.807) is 24.3 Å². The summed E-state index contributed by atoms with van der Waals surface area (Å²) in [5.74, 6) is -0.409. The van der Waals surface area contributed by atoms with Crippen molar-refractivity contribution >= 4 is 21.2 Å². The minimum absolute atomic E-state index is 0.149. The smallest absolute Gasteiger partial charge is 0.221 e. The van der Waals surface area contributed by atoms with Gasteiger partial charge in [0.2, 0.25) is 14.2 Å². The van der Waals surface area contributed by atoms with Crippen LogP contribution in [0, 0.1) is 0 Å².